The van der Waals surface area contributed by atoms with Crippen LogP contribution >= 0.6 is 10.0 Å². The summed E-state index contributed by atoms with van der Waals surface area (Å²) in [6, 6.07) is 31.6. The van der Waals surface area contributed by atoms with Crippen molar-refractivity contribution in [3.8, 4) is 0 Å². The van der Waals surface area contributed by atoms with E-state index in [1.54, 1.807) is 12.7 Å². The summed E-state index contributed by atoms with van der Waals surface area (Å²) in [4.78, 5) is 16.8. The summed E-state index contributed by atoms with van der Waals surface area (Å²) in [5.41, 5.74) is 0. The van der Waals surface area contributed by atoms with Crippen molar-refractivity contribution >= 4 is 10.0 Å². The molecule has 0 spiro atoms. The summed E-state index contributed by atoms with van der Waals surface area (Å²) >= 11 is 0. The highest BCUT2D eigenvalue weighted by Crippen LogP contribution is 2.72. The first-order chi connectivity index (χ1) is 12.4. The van der Waals surface area contributed by atoms with Gasteiger partial charge in [-0.2, -0.15) is 0 Å². The van der Waals surface area contributed by atoms with E-state index < -0.39 is 10.0 Å². The molecule has 0 aliphatic heterocycles. The Labute approximate surface area is 148 Å². The van der Waals surface area contributed by atoms with Crippen LogP contribution < -0.4 is 0 Å². The molecule has 0 aliphatic carbocycles. The molecular weight excluding hydrogens is 326 g/mol. The minimum atomic E-state index is -1.77. The van der Waals surface area contributed by atoms with E-state index in [-0.39, 0.29) is 0 Å². The van der Waals surface area contributed by atoms with Gasteiger partial charge in [0.2, 0.25) is 0 Å². The molecule has 25 heavy (non-hydrogen) atoms. The fourth-order valence-corrected chi connectivity index (χ4v) is 6.54. The van der Waals surface area contributed by atoms with Gasteiger partial charge in [0, 0.05) is 14.7 Å². The third-order valence-electron chi connectivity index (χ3n) is 4.03. The maximum Gasteiger partial charge on any atom is 0.185 e. The second-order valence-corrected chi connectivity index (χ2v) is 8.48. The van der Waals surface area contributed by atoms with E-state index in [9.17, 15) is 0 Å². The van der Waals surface area contributed by atoms with E-state index in [0.29, 0.717) is 0 Å². The van der Waals surface area contributed by atoms with Crippen LogP contribution in [-0.4, -0.2) is 15.0 Å². The van der Waals surface area contributed by atoms with Gasteiger partial charge in [0.15, 0.2) is 5.16 Å². The van der Waals surface area contributed by atoms with Crippen LogP contribution in [0.3, 0.4) is 0 Å². The zero-order valence-electron chi connectivity index (χ0n) is 13.6. The zero-order valence-corrected chi connectivity index (χ0v) is 14.4. The fourth-order valence-electron chi connectivity index (χ4n) is 2.99. The second kappa shape index (κ2) is 6.87. The van der Waals surface area contributed by atoms with Gasteiger partial charge >= 0.3 is 0 Å². The van der Waals surface area contributed by atoms with Crippen molar-refractivity contribution in [3.05, 3.63) is 104 Å². The molecule has 1 heterocycles. The first kappa shape index (κ1) is 15.5. The molecule has 3 nitrogen and oxygen atoms in total. The van der Waals surface area contributed by atoms with E-state index >= 15 is 0 Å². The topological polar surface area (TPSA) is 38.7 Å². The molecule has 0 amide bonds. The lowest BCUT2D eigenvalue weighted by Crippen LogP contribution is -2.08. The molecule has 0 saturated carbocycles. The summed E-state index contributed by atoms with van der Waals surface area (Å²) in [7, 11) is -1.77. The first-order valence-corrected chi connectivity index (χ1v) is 9.66. The Balaban J connectivity index is 2.13. The van der Waals surface area contributed by atoms with Crippen molar-refractivity contribution in [2.24, 2.45) is 0 Å². The standard InChI is InChI=1S/C21H17N3S/c1-4-10-18(11-5-1)25(19-12-6-2-7-13-19,20-14-8-3-9-15-20)21-23-16-22-17-24-21/h1-17H. The molecule has 0 radical (unpaired) electrons. The molecule has 122 valence electrons. The highest BCUT2D eigenvalue weighted by Gasteiger charge is 2.35. The third-order valence-corrected chi connectivity index (χ3v) is 7.73. The number of nitrogens with zero attached hydrogens (tertiary/aromatic N) is 3. The normalized spacial score (nSPS) is 11.8. The highest BCUT2D eigenvalue weighted by molar-refractivity contribution is 8.33. The van der Waals surface area contributed by atoms with Crippen LogP contribution in [0.5, 0.6) is 0 Å². The molecule has 4 heteroatoms. The molecule has 0 atom stereocenters. The molecule has 4 rings (SSSR count). The summed E-state index contributed by atoms with van der Waals surface area (Å²) in [6.45, 7) is 0. The molecule has 1 aromatic heterocycles. The molecule has 0 fully saturated rings. The quantitative estimate of drug-likeness (QED) is 0.510. The van der Waals surface area contributed by atoms with Crippen molar-refractivity contribution < 1.29 is 0 Å². The number of benzene rings is 3. The van der Waals surface area contributed by atoms with E-state index in [0.717, 1.165) is 5.16 Å². The number of aromatic nitrogens is 3. The van der Waals surface area contributed by atoms with Crippen LogP contribution in [0.15, 0.2) is 123 Å². The Hall–Kier alpha value is -2.98. The van der Waals surface area contributed by atoms with Crippen LogP contribution in [0.25, 0.3) is 0 Å². The zero-order chi connectivity index (χ0) is 17.0. The minimum Gasteiger partial charge on any atom is -0.225 e. The van der Waals surface area contributed by atoms with Crippen LogP contribution in [0.2, 0.25) is 0 Å². The van der Waals surface area contributed by atoms with E-state index in [2.05, 4.69) is 87.7 Å². The Morgan fingerprint density at radius 3 is 1.20 bits per heavy atom. The van der Waals surface area contributed by atoms with Gasteiger partial charge in [-0.05, 0) is 36.4 Å². The van der Waals surface area contributed by atoms with E-state index in [1.165, 1.54) is 14.7 Å². The predicted molar refractivity (Wildman–Crippen MR) is 99.8 cm³/mol. The maximum atomic E-state index is 4.60. The molecule has 0 bridgehead atoms. The molecule has 0 unspecified atom stereocenters. The summed E-state index contributed by atoms with van der Waals surface area (Å²) < 4.78 is 0. The van der Waals surface area contributed by atoms with Gasteiger partial charge in [-0.1, -0.05) is 64.6 Å². The van der Waals surface area contributed by atoms with Crippen molar-refractivity contribution in [2.75, 3.05) is 0 Å². The Kier molecular flexibility index (Phi) is 4.27. The van der Waals surface area contributed by atoms with Gasteiger partial charge in [-0.25, -0.2) is 15.0 Å². The summed E-state index contributed by atoms with van der Waals surface area (Å²) in [5.74, 6) is 0. The number of hydrogen-bond donors (Lipinski definition) is 0. The van der Waals surface area contributed by atoms with Crippen molar-refractivity contribution in [2.45, 2.75) is 19.8 Å². The van der Waals surface area contributed by atoms with Gasteiger partial charge in [-0.15, -0.1) is 0 Å². The molecular formula is C21H17N3S. The van der Waals surface area contributed by atoms with Gasteiger partial charge in [0.25, 0.3) is 0 Å². The Morgan fingerprint density at radius 1 is 0.480 bits per heavy atom. The monoisotopic (exact) mass is 343 g/mol. The smallest absolute Gasteiger partial charge is 0.185 e. The highest BCUT2D eigenvalue weighted by atomic mass is 32.3. The van der Waals surface area contributed by atoms with Crippen molar-refractivity contribution in [3.63, 3.8) is 0 Å². The lowest BCUT2D eigenvalue weighted by Gasteiger charge is -2.39. The molecule has 0 saturated heterocycles. The Bertz CT molecular complexity index is 766. The van der Waals surface area contributed by atoms with Gasteiger partial charge in [0.05, 0.1) is 0 Å². The SMILES string of the molecule is c1ccc(S(c2ccccc2)(c2ccccc2)c2ncncn2)cc1. The van der Waals surface area contributed by atoms with Crippen LogP contribution in [0.4, 0.5) is 0 Å². The average Bonchev–Trinajstić information content (AvgIpc) is 2.72. The molecule has 4 aromatic rings. The van der Waals surface area contributed by atoms with Gasteiger partial charge in [-0.3, -0.25) is 0 Å². The van der Waals surface area contributed by atoms with Crippen LogP contribution in [0, 0.1) is 0 Å². The lowest BCUT2D eigenvalue weighted by atomic mass is 10.4. The van der Waals surface area contributed by atoms with Crippen molar-refractivity contribution in [1.82, 2.24) is 15.0 Å². The molecule has 0 N–H and O–H groups in total. The van der Waals surface area contributed by atoms with Crippen LogP contribution in [-0.2, 0) is 0 Å². The lowest BCUT2D eigenvalue weighted by molar-refractivity contribution is 0.884. The van der Waals surface area contributed by atoms with Gasteiger partial charge in [0.1, 0.15) is 12.7 Å². The maximum absolute atomic E-state index is 4.60. The number of hydrogen-bond acceptors (Lipinski definition) is 3. The molecule has 0 aliphatic rings. The minimum absolute atomic E-state index is 0.797. The van der Waals surface area contributed by atoms with Crippen LogP contribution in [0.1, 0.15) is 0 Å². The summed E-state index contributed by atoms with van der Waals surface area (Å²) in [6.07, 6.45) is 3.16. The predicted octanol–water partition coefficient (Wildman–Crippen LogP) is 5.21. The first-order valence-electron chi connectivity index (χ1n) is 8.03. The number of rotatable bonds is 4. The summed E-state index contributed by atoms with van der Waals surface area (Å²) in [5, 5.41) is 0.797. The molecule has 3 aromatic carbocycles. The van der Waals surface area contributed by atoms with Crippen molar-refractivity contribution in [1.29, 1.82) is 0 Å². The van der Waals surface area contributed by atoms with E-state index in [1.807, 2.05) is 18.2 Å². The van der Waals surface area contributed by atoms with Gasteiger partial charge < -0.3 is 0 Å². The van der Waals surface area contributed by atoms with E-state index in [4.69, 9.17) is 0 Å². The fraction of sp³-hybridized carbons (Fsp3) is 0. The second-order valence-electron chi connectivity index (χ2n) is 5.47. The third kappa shape index (κ3) is 2.71. The largest absolute Gasteiger partial charge is 0.225 e. The Morgan fingerprint density at radius 2 is 0.840 bits per heavy atom. The average molecular weight is 343 g/mol.